The van der Waals surface area contributed by atoms with Gasteiger partial charge in [0.25, 0.3) is 5.91 Å². The third-order valence-electron chi connectivity index (χ3n) is 4.44. The molecule has 3 rings (SSSR count). The molecule has 10 heteroatoms. The van der Waals surface area contributed by atoms with Crippen LogP contribution in [0, 0.1) is 6.92 Å². The van der Waals surface area contributed by atoms with E-state index in [1.165, 1.54) is 35.6 Å². The second-order valence-electron chi connectivity index (χ2n) is 6.49. The van der Waals surface area contributed by atoms with Crippen LogP contribution in [-0.2, 0) is 16.4 Å². The van der Waals surface area contributed by atoms with Crippen molar-refractivity contribution in [1.82, 2.24) is 25.1 Å². The van der Waals surface area contributed by atoms with E-state index in [-0.39, 0.29) is 23.4 Å². The van der Waals surface area contributed by atoms with Gasteiger partial charge < -0.3 is 15.2 Å². The van der Waals surface area contributed by atoms with Crippen molar-refractivity contribution in [3.63, 3.8) is 0 Å². The van der Waals surface area contributed by atoms with Gasteiger partial charge in [-0.2, -0.15) is 4.98 Å². The Bertz CT molecular complexity index is 888. The highest BCUT2D eigenvalue weighted by atomic mass is 32.2. The highest BCUT2D eigenvalue weighted by Gasteiger charge is 2.22. The summed E-state index contributed by atoms with van der Waals surface area (Å²) in [7, 11) is -2.17. The maximum absolute atomic E-state index is 12.7. The smallest absolute Gasteiger partial charge is 0.251 e. The zero-order chi connectivity index (χ0) is 19.4. The van der Waals surface area contributed by atoms with E-state index in [4.69, 9.17) is 4.52 Å². The molecule has 1 saturated heterocycles. The summed E-state index contributed by atoms with van der Waals surface area (Å²) in [5.41, 5.74) is 0.436. The first kappa shape index (κ1) is 19.5. The maximum Gasteiger partial charge on any atom is 0.251 e. The van der Waals surface area contributed by atoms with Crippen molar-refractivity contribution in [1.29, 1.82) is 0 Å². The lowest BCUT2D eigenvalue weighted by Gasteiger charge is -2.17. The van der Waals surface area contributed by atoms with Crippen molar-refractivity contribution in [3.8, 4) is 0 Å². The van der Waals surface area contributed by atoms with Crippen molar-refractivity contribution in [3.05, 3.63) is 41.5 Å². The van der Waals surface area contributed by atoms with Crippen LogP contribution in [0.15, 0.2) is 33.7 Å². The van der Waals surface area contributed by atoms with Gasteiger partial charge in [0.05, 0.1) is 4.90 Å². The van der Waals surface area contributed by atoms with Crippen LogP contribution in [0.2, 0.25) is 0 Å². The van der Waals surface area contributed by atoms with E-state index in [1.54, 1.807) is 6.92 Å². The fraction of sp³-hybridized carbons (Fsp3) is 0.471. The highest BCUT2D eigenvalue weighted by Crippen LogP contribution is 2.16. The fourth-order valence-electron chi connectivity index (χ4n) is 2.83. The molecule has 1 aliphatic rings. The van der Waals surface area contributed by atoms with Crippen molar-refractivity contribution in [2.75, 3.05) is 26.7 Å². The molecule has 0 unspecified atom stereocenters. The van der Waals surface area contributed by atoms with Crippen LogP contribution in [0.4, 0.5) is 0 Å². The summed E-state index contributed by atoms with van der Waals surface area (Å²) in [5.74, 6) is 0.703. The molecule has 1 aliphatic heterocycles. The minimum absolute atomic E-state index is 0.112. The first-order valence-electron chi connectivity index (χ1n) is 8.73. The van der Waals surface area contributed by atoms with Gasteiger partial charge in [0, 0.05) is 45.1 Å². The summed E-state index contributed by atoms with van der Waals surface area (Å²) < 4.78 is 31.5. The van der Waals surface area contributed by atoms with Gasteiger partial charge in [-0.15, -0.1) is 0 Å². The van der Waals surface area contributed by atoms with Crippen LogP contribution < -0.4 is 10.6 Å². The minimum atomic E-state index is -3.66. The van der Waals surface area contributed by atoms with Crippen molar-refractivity contribution < 1.29 is 17.7 Å². The molecule has 0 radical (unpaired) electrons. The SMILES string of the molecule is Cc1nc(CCN(C)S(=O)(=O)c2ccc(C(=O)N[C@H]3CCNC3)cc2)no1. The van der Waals surface area contributed by atoms with E-state index in [2.05, 4.69) is 20.8 Å². The molecule has 9 nitrogen and oxygen atoms in total. The molecule has 0 saturated carbocycles. The molecule has 2 N–H and O–H groups in total. The van der Waals surface area contributed by atoms with Gasteiger partial charge in [0.2, 0.25) is 15.9 Å². The third kappa shape index (κ3) is 4.71. The number of hydrogen-bond acceptors (Lipinski definition) is 7. The van der Waals surface area contributed by atoms with Crippen molar-refractivity contribution in [2.24, 2.45) is 0 Å². The van der Waals surface area contributed by atoms with Gasteiger partial charge >= 0.3 is 0 Å². The average molecular weight is 393 g/mol. The third-order valence-corrected chi connectivity index (χ3v) is 6.31. The van der Waals surface area contributed by atoms with Crippen LogP contribution in [0.1, 0.15) is 28.5 Å². The fourth-order valence-corrected chi connectivity index (χ4v) is 4.00. The van der Waals surface area contributed by atoms with Crippen LogP contribution in [-0.4, -0.2) is 61.5 Å². The lowest BCUT2D eigenvalue weighted by molar-refractivity contribution is 0.0940. The van der Waals surface area contributed by atoms with E-state index in [1.807, 2.05) is 0 Å². The summed E-state index contributed by atoms with van der Waals surface area (Å²) in [4.78, 5) is 16.4. The number of likely N-dealkylation sites (N-methyl/N-ethyl adjacent to an activating group) is 1. The van der Waals surface area contributed by atoms with E-state index >= 15 is 0 Å². The summed E-state index contributed by atoms with van der Waals surface area (Å²) in [5, 5.41) is 9.87. The monoisotopic (exact) mass is 393 g/mol. The Hall–Kier alpha value is -2.30. The standard InChI is InChI=1S/C17H23N5O4S/c1-12-19-16(21-26-12)8-10-22(2)27(24,25)15-5-3-13(4-6-15)17(23)20-14-7-9-18-11-14/h3-6,14,18H,7-11H2,1-2H3,(H,20,23)/t14-/m0/s1. The molecule has 1 atom stereocenters. The summed E-state index contributed by atoms with van der Waals surface area (Å²) in [6, 6.07) is 6.07. The quantitative estimate of drug-likeness (QED) is 0.696. The maximum atomic E-state index is 12.7. The Balaban J connectivity index is 1.62. The van der Waals surface area contributed by atoms with Crippen LogP contribution in [0.5, 0.6) is 0 Å². The van der Waals surface area contributed by atoms with Crippen LogP contribution >= 0.6 is 0 Å². The highest BCUT2D eigenvalue weighted by molar-refractivity contribution is 7.89. The molecule has 2 heterocycles. The largest absolute Gasteiger partial charge is 0.348 e. The van der Waals surface area contributed by atoms with Gasteiger partial charge in [-0.3, -0.25) is 4.79 Å². The second kappa shape index (κ2) is 8.15. The number of nitrogens with one attached hydrogen (secondary N) is 2. The zero-order valence-electron chi connectivity index (χ0n) is 15.3. The molecule has 0 aliphatic carbocycles. The normalized spacial score (nSPS) is 17.4. The number of aromatic nitrogens is 2. The minimum Gasteiger partial charge on any atom is -0.348 e. The summed E-state index contributed by atoms with van der Waals surface area (Å²) >= 11 is 0. The Morgan fingerprint density at radius 2 is 2.11 bits per heavy atom. The molecule has 1 fully saturated rings. The molecular formula is C17H23N5O4S. The summed E-state index contributed by atoms with van der Waals surface area (Å²) in [6.07, 6.45) is 1.24. The number of aryl methyl sites for hydroxylation is 1. The topological polar surface area (TPSA) is 117 Å². The molecular weight excluding hydrogens is 370 g/mol. The number of carbonyl (C=O) groups excluding carboxylic acids is 1. The number of benzene rings is 1. The first-order valence-corrected chi connectivity index (χ1v) is 10.2. The molecule has 1 aromatic heterocycles. The van der Waals surface area contributed by atoms with E-state index in [0.717, 1.165) is 19.5 Å². The lowest BCUT2D eigenvalue weighted by Crippen LogP contribution is -2.36. The number of carbonyl (C=O) groups is 1. The number of rotatable bonds is 7. The average Bonchev–Trinajstić information content (AvgIpc) is 3.31. The van der Waals surface area contributed by atoms with E-state index < -0.39 is 10.0 Å². The van der Waals surface area contributed by atoms with Gasteiger partial charge in [-0.1, -0.05) is 5.16 Å². The lowest BCUT2D eigenvalue weighted by atomic mass is 10.2. The number of amides is 1. The Morgan fingerprint density at radius 1 is 1.37 bits per heavy atom. The number of sulfonamides is 1. The molecule has 0 spiro atoms. The first-order chi connectivity index (χ1) is 12.9. The molecule has 2 aromatic rings. The van der Waals surface area contributed by atoms with Gasteiger partial charge in [0.1, 0.15) is 0 Å². The zero-order valence-corrected chi connectivity index (χ0v) is 16.1. The van der Waals surface area contributed by atoms with Gasteiger partial charge in [0.15, 0.2) is 5.82 Å². The van der Waals surface area contributed by atoms with Crippen molar-refractivity contribution >= 4 is 15.9 Å². The molecule has 27 heavy (non-hydrogen) atoms. The number of nitrogens with zero attached hydrogens (tertiary/aromatic N) is 3. The molecule has 1 aromatic carbocycles. The second-order valence-corrected chi connectivity index (χ2v) is 8.54. The predicted octanol–water partition coefficient (Wildman–Crippen LogP) is 0.333. The molecule has 1 amide bonds. The van der Waals surface area contributed by atoms with Gasteiger partial charge in [-0.05, 0) is 37.2 Å². The van der Waals surface area contributed by atoms with Crippen LogP contribution in [0.3, 0.4) is 0 Å². The Kier molecular flexibility index (Phi) is 5.88. The van der Waals surface area contributed by atoms with Crippen LogP contribution in [0.25, 0.3) is 0 Å². The van der Waals surface area contributed by atoms with E-state index in [0.29, 0.717) is 23.7 Å². The predicted molar refractivity (Wildman–Crippen MR) is 97.7 cm³/mol. The Morgan fingerprint density at radius 3 is 2.70 bits per heavy atom. The van der Waals surface area contributed by atoms with Crippen molar-refractivity contribution in [2.45, 2.75) is 30.7 Å². The molecule has 0 bridgehead atoms. The molecule has 146 valence electrons. The Labute approximate surface area is 158 Å². The van der Waals surface area contributed by atoms with Gasteiger partial charge in [-0.25, -0.2) is 12.7 Å². The number of hydrogen-bond donors (Lipinski definition) is 2. The van der Waals surface area contributed by atoms with E-state index in [9.17, 15) is 13.2 Å². The summed E-state index contributed by atoms with van der Waals surface area (Å²) in [6.45, 7) is 3.54.